The molecule has 4 nitrogen and oxygen atoms in total. The number of nitrogens with one attached hydrogen (secondary N) is 1. The maximum atomic E-state index is 5.19. The number of rotatable bonds is 2. The smallest absolute Gasteiger partial charge is 0.184 e. The third kappa shape index (κ3) is 2.55. The molecule has 0 unspecified atom stereocenters. The number of aromatic nitrogens is 1. The molecule has 0 saturated carbocycles. The van der Waals surface area contributed by atoms with E-state index in [1.165, 1.54) is 11.3 Å². The van der Waals surface area contributed by atoms with E-state index >= 15 is 0 Å². The van der Waals surface area contributed by atoms with Crippen LogP contribution in [0.15, 0.2) is 16.7 Å². The minimum atomic E-state index is 0.158. The van der Waals surface area contributed by atoms with Crippen LogP contribution in [0.3, 0.4) is 0 Å². The highest BCUT2D eigenvalue weighted by molar-refractivity contribution is 7.80. The van der Waals surface area contributed by atoms with E-state index in [2.05, 4.69) is 27.7 Å². The Morgan fingerprint density at radius 2 is 2.58 bits per heavy atom. The van der Waals surface area contributed by atoms with Crippen molar-refractivity contribution in [1.82, 2.24) is 10.4 Å². The summed E-state index contributed by atoms with van der Waals surface area (Å²) in [6.45, 7) is 1.84. The molecule has 0 bridgehead atoms. The van der Waals surface area contributed by atoms with E-state index in [1.807, 2.05) is 12.3 Å². The molecule has 1 rings (SSSR count). The Balaban J connectivity index is 2.65. The lowest BCUT2D eigenvalue weighted by Crippen LogP contribution is -2.25. The van der Waals surface area contributed by atoms with Crippen molar-refractivity contribution in [3.63, 3.8) is 0 Å². The molecule has 6 heteroatoms. The molecule has 12 heavy (non-hydrogen) atoms. The summed E-state index contributed by atoms with van der Waals surface area (Å²) in [5, 5.41) is 6.82. The summed E-state index contributed by atoms with van der Waals surface area (Å²) in [6.07, 6.45) is 1.72. The fourth-order valence-corrected chi connectivity index (χ4v) is 1.22. The largest absolute Gasteiger partial charge is 0.375 e. The van der Waals surface area contributed by atoms with Crippen molar-refractivity contribution in [2.24, 2.45) is 10.8 Å². The van der Waals surface area contributed by atoms with Gasteiger partial charge < -0.3 is 5.73 Å². The van der Waals surface area contributed by atoms with E-state index in [1.54, 1.807) is 6.20 Å². The van der Waals surface area contributed by atoms with Crippen LogP contribution < -0.4 is 11.2 Å². The SMILES string of the molecule is CC(=NNC(N)=S)c1nccs1. The molecule has 0 aromatic carbocycles. The first-order valence-corrected chi connectivity index (χ1v) is 4.48. The zero-order valence-corrected chi connectivity index (χ0v) is 8.08. The Labute approximate surface area is 79.5 Å². The van der Waals surface area contributed by atoms with E-state index in [-0.39, 0.29) is 5.11 Å². The second-order valence-corrected chi connectivity index (χ2v) is 3.34. The summed E-state index contributed by atoms with van der Waals surface area (Å²) in [4.78, 5) is 4.06. The highest BCUT2D eigenvalue weighted by Crippen LogP contribution is 2.04. The molecule has 0 radical (unpaired) electrons. The lowest BCUT2D eigenvalue weighted by molar-refractivity contribution is 1.03. The van der Waals surface area contributed by atoms with E-state index in [0.29, 0.717) is 0 Å². The third-order valence-corrected chi connectivity index (χ3v) is 2.05. The van der Waals surface area contributed by atoms with Gasteiger partial charge in [0.25, 0.3) is 0 Å². The average molecular weight is 200 g/mol. The van der Waals surface area contributed by atoms with Gasteiger partial charge in [-0.15, -0.1) is 11.3 Å². The van der Waals surface area contributed by atoms with Crippen molar-refractivity contribution in [3.05, 3.63) is 16.6 Å². The minimum Gasteiger partial charge on any atom is -0.375 e. The Bertz CT molecular complexity index is 291. The molecular weight excluding hydrogens is 192 g/mol. The molecule has 0 amide bonds. The number of nitrogens with two attached hydrogens (primary N) is 1. The van der Waals surface area contributed by atoms with Crippen molar-refractivity contribution < 1.29 is 0 Å². The van der Waals surface area contributed by atoms with Crippen LogP contribution >= 0.6 is 23.6 Å². The van der Waals surface area contributed by atoms with Gasteiger partial charge >= 0.3 is 0 Å². The van der Waals surface area contributed by atoms with Crippen molar-refractivity contribution in [3.8, 4) is 0 Å². The summed E-state index contributed by atoms with van der Waals surface area (Å²) >= 11 is 6.10. The van der Waals surface area contributed by atoms with Gasteiger partial charge in [-0.2, -0.15) is 5.10 Å². The lowest BCUT2D eigenvalue weighted by atomic mass is 10.5. The maximum absolute atomic E-state index is 5.19. The van der Waals surface area contributed by atoms with Crippen molar-refractivity contribution in [1.29, 1.82) is 0 Å². The minimum absolute atomic E-state index is 0.158. The van der Waals surface area contributed by atoms with Crippen LogP contribution in [-0.4, -0.2) is 15.8 Å². The van der Waals surface area contributed by atoms with Gasteiger partial charge in [-0.1, -0.05) is 0 Å². The average Bonchev–Trinajstić information content (AvgIpc) is 2.51. The van der Waals surface area contributed by atoms with Gasteiger partial charge in [0.2, 0.25) is 0 Å². The van der Waals surface area contributed by atoms with Crippen molar-refractivity contribution in [2.75, 3.05) is 0 Å². The molecule has 0 aliphatic rings. The molecule has 1 aromatic heterocycles. The monoisotopic (exact) mass is 200 g/mol. The van der Waals surface area contributed by atoms with E-state index < -0.39 is 0 Å². The third-order valence-electron chi connectivity index (χ3n) is 1.08. The van der Waals surface area contributed by atoms with Gasteiger partial charge in [0.05, 0.1) is 5.71 Å². The van der Waals surface area contributed by atoms with Gasteiger partial charge in [-0.05, 0) is 19.1 Å². The van der Waals surface area contributed by atoms with Crippen molar-refractivity contribution in [2.45, 2.75) is 6.92 Å². The summed E-state index contributed by atoms with van der Waals surface area (Å²) < 4.78 is 0. The van der Waals surface area contributed by atoms with Gasteiger partial charge in [-0.3, -0.25) is 5.43 Å². The van der Waals surface area contributed by atoms with Gasteiger partial charge in [0.1, 0.15) is 5.01 Å². The molecule has 0 fully saturated rings. The maximum Gasteiger partial charge on any atom is 0.184 e. The highest BCUT2D eigenvalue weighted by Gasteiger charge is 1.98. The van der Waals surface area contributed by atoms with Gasteiger partial charge in [0.15, 0.2) is 5.11 Å². The molecule has 0 aliphatic carbocycles. The quantitative estimate of drug-likeness (QED) is 0.419. The molecular formula is C6H8N4S2. The first kappa shape index (κ1) is 9.08. The number of hydrogen-bond donors (Lipinski definition) is 2. The topological polar surface area (TPSA) is 63.3 Å². The van der Waals surface area contributed by atoms with Crippen LogP contribution in [0.25, 0.3) is 0 Å². The Hall–Kier alpha value is -1.01. The molecule has 1 aromatic rings. The van der Waals surface area contributed by atoms with Crippen LogP contribution in [0.2, 0.25) is 0 Å². The van der Waals surface area contributed by atoms with Gasteiger partial charge in [-0.25, -0.2) is 4.98 Å². The fourth-order valence-electron chi connectivity index (χ4n) is 0.589. The Morgan fingerprint density at radius 3 is 3.08 bits per heavy atom. The second-order valence-electron chi connectivity index (χ2n) is 2.01. The fraction of sp³-hybridized carbons (Fsp3) is 0.167. The molecule has 0 spiro atoms. The van der Waals surface area contributed by atoms with Crippen molar-refractivity contribution >= 4 is 34.4 Å². The highest BCUT2D eigenvalue weighted by atomic mass is 32.1. The molecule has 3 N–H and O–H groups in total. The first-order valence-electron chi connectivity index (χ1n) is 3.19. The van der Waals surface area contributed by atoms with Crippen LogP contribution in [0.4, 0.5) is 0 Å². The molecule has 0 atom stereocenters. The Kier molecular flexibility index (Phi) is 3.12. The molecule has 1 heterocycles. The van der Waals surface area contributed by atoms with Gasteiger partial charge in [0, 0.05) is 11.6 Å². The standard InChI is InChI=1S/C6H8N4S2/c1-4(9-10-6(7)11)5-8-2-3-12-5/h2-3H,1H3,(H3,7,10,11). The molecule has 0 aliphatic heterocycles. The normalized spacial score (nSPS) is 11.2. The summed E-state index contributed by atoms with van der Waals surface area (Å²) in [7, 11) is 0. The molecule has 64 valence electrons. The Morgan fingerprint density at radius 1 is 1.83 bits per heavy atom. The predicted molar refractivity (Wildman–Crippen MR) is 54.2 cm³/mol. The van der Waals surface area contributed by atoms with E-state index in [0.717, 1.165) is 10.7 Å². The summed E-state index contributed by atoms with van der Waals surface area (Å²) in [6, 6.07) is 0. The summed E-state index contributed by atoms with van der Waals surface area (Å²) in [5.41, 5.74) is 8.46. The van der Waals surface area contributed by atoms with Crippen LogP contribution in [0.1, 0.15) is 11.9 Å². The summed E-state index contributed by atoms with van der Waals surface area (Å²) in [5.74, 6) is 0. The van der Waals surface area contributed by atoms with E-state index in [4.69, 9.17) is 5.73 Å². The first-order chi connectivity index (χ1) is 5.70. The predicted octanol–water partition coefficient (Wildman–Crippen LogP) is 0.700. The molecule has 0 saturated heterocycles. The number of hydrazone groups is 1. The number of thiazole rings is 1. The van der Waals surface area contributed by atoms with Crippen LogP contribution in [0, 0.1) is 0 Å². The van der Waals surface area contributed by atoms with Crippen LogP contribution in [-0.2, 0) is 0 Å². The second kappa shape index (κ2) is 4.13. The zero-order chi connectivity index (χ0) is 8.97. The lowest BCUT2D eigenvalue weighted by Gasteiger charge is -1.96. The van der Waals surface area contributed by atoms with Crippen LogP contribution in [0.5, 0.6) is 0 Å². The number of thiocarbonyl (C=S) groups is 1. The van der Waals surface area contributed by atoms with E-state index in [9.17, 15) is 0 Å². The zero-order valence-electron chi connectivity index (χ0n) is 6.44. The number of nitrogens with zero attached hydrogens (tertiary/aromatic N) is 2. The number of hydrogen-bond acceptors (Lipinski definition) is 4.